The molecule has 19 heavy (non-hydrogen) atoms. The summed E-state index contributed by atoms with van der Waals surface area (Å²) in [5.74, 6) is 0.555. The Balaban J connectivity index is 2.24. The fraction of sp³-hybridized carbons (Fsp3) is 0.200. The van der Waals surface area contributed by atoms with Gasteiger partial charge in [0.25, 0.3) is 0 Å². The van der Waals surface area contributed by atoms with Crippen molar-refractivity contribution in [2.45, 2.75) is 11.8 Å². The second kappa shape index (κ2) is 6.51. The summed E-state index contributed by atoms with van der Waals surface area (Å²) in [6.07, 6.45) is 0.699. The largest absolute Gasteiger partial charge is 0.495 e. The molecule has 0 radical (unpaired) electrons. The number of halogens is 3. The molecule has 0 aliphatic carbocycles. The molecule has 0 fully saturated rings. The number of benzene rings is 2. The van der Waals surface area contributed by atoms with Crippen LogP contribution in [-0.2, 0) is 6.42 Å². The number of methoxy groups -OCH3 is 1. The van der Waals surface area contributed by atoms with E-state index in [1.165, 1.54) is 0 Å². The average molecular weight is 316 g/mol. The molecule has 2 rings (SSSR count). The van der Waals surface area contributed by atoms with Gasteiger partial charge in [0.05, 0.1) is 17.5 Å². The lowest BCUT2D eigenvalue weighted by atomic mass is 10.0. The summed E-state index contributed by atoms with van der Waals surface area (Å²) in [7, 11) is 1.55. The molecule has 0 amide bonds. The summed E-state index contributed by atoms with van der Waals surface area (Å²) in [5.41, 5.74) is 1.98. The summed E-state index contributed by atoms with van der Waals surface area (Å²) in [5, 5.41) is 0.857. The van der Waals surface area contributed by atoms with Crippen LogP contribution >= 0.6 is 34.8 Å². The van der Waals surface area contributed by atoms with Crippen LogP contribution in [-0.4, -0.2) is 7.11 Å². The molecule has 0 aliphatic heterocycles. The first-order chi connectivity index (χ1) is 9.11. The smallest absolute Gasteiger partial charge is 0.138 e. The van der Waals surface area contributed by atoms with Crippen LogP contribution in [0.1, 0.15) is 16.5 Å². The summed E-state index contributed by atoms with van der Waals surface area (Å²) in [4.78, 5) is 0. The predicted molar refractivity (Wildman–Crippen MR) is 81.8 cm³/mol. The molecule has 0 aliphatic rings. The van der Waals surface area contributed by atoms with Crippen LogP contribution in [0.15, 0.2) is 42.5 Å². The van der Waals surface area contributed by atoms with E-state index in [0.717, 1.165) is 11.1 Å². The zero-order valence-electron chi connectivity index (χ0n) is 10.4. The Morgan fingerprint density at radius 2 is 1.74 bits per heavy atom. The molecule has 100 valence electrons. The number of rotatable bonds is 4. The lowest BCUT2D eigenvalue weighted by molar-refractivity contribution is 0.415. The van der Waals surface area contributed by atoms with Crippen LogP contribution in [0.4, 0.5) is 0 Å². The summed E-state index contributed by atoms with van der Waals surface area (Å²) in [6, 6.07) is 13.5. The van der Waals surface area contributed by atoms with E-state index >= 15 is 0 Å². The average Bonchev–Trinajstić information content (AvgIpc) is 2.42. The van der Waals surface area contributed by atoms with E-state index < -0.39 is 0 Å². The predicted octanol–water partition coefficient (Wildman–Crippen LogP) is 5.52. The Hall–Kier alpha value is -0.890. The van der Waals surface area contributed by atoms with Crippen molar-refractivity contribution in [1.29, 1.82) is 0 Å². The molecule has 0 heterocycles. The molecule has 4 heteroatoms. The van der Waals surface area contributed by atoms with Crippen LogP contribution in [0.3, 0.4) is 0 Å². The van der Waals surface area contributed by atoms with E-state index in [1.54, 1.807) is 19.2 Å². The molecule has 0 bridgehead atoms. The van der Waals surface area contributed by atoms with Gasteiger partial charge in [-0.05, 0) is 23.6 Å². The molecule has 2 aromatic rings. The maximum absolute atomic E-state index is 6.43. The first kappa shape index (κ1) is 14.5. The lowest BCUT2D eigenvalue weighted by Crippen LogP contribution is -1.98. The molecule has 0 saturated carbocycles. The first-order valence-corrected chi connectivity index (χ1v) is 7.02. The van der Waals surface area contributed by atoms with Gasteiger partial charge in [0.15, 0.2) is 0 Å². The monoisotopic (exact) mass is 314 g/mol. The van der Waals surface area contributed by atoms with Crippen molar-refractivity contribution >= 4 is 34.8 Å². The molecule has 0 N–H and O–H groups in total. The van der Waals surface area contributed by atoms with Gasteiger partial charge in [0.1, 0.15) is 5.75 Å². The van der Waals surface area contributed by atoms with Crippen molar-refractivity contribution in [3.63, 3.8) is 0 Å². The normalized spacial score (nSPS) is 12.2. The third-order valence-electron chi connectivity index (χ3n) is 2.87. The van der Waals surface area contributed by atoms with Crippen LogP contribution in [0, 0.1) is 0 Å². The third kappa shape index (κ3) is 3.56. The van der Waals surface area contributed by atoms with Crippen molar-refractivity contribution in [3.05, 3.63) is 63.6 Å². The lowest BCUT2D eigenvalue weighted by Gasteiger charge is -2.14. The highest BCUT2D eigenvalue weighted by Gasteiger charge is 2.15. The van der Waals surface area contributed by atoms with Crippen molar-refractivity contribution in [2.75, 3.05) is 7.11 Å². The second-order valence-electron chi connectivity index (χ2n) is 4.17. The zero-order valence-corrected chi connectivity index (χ0v) is 12.6. The maximum atomic E-state index is 6.43. The Labute approximate surface area is 128 Å². The van der Waals surface area contributed by atoms with Gasteiger partial charge in [-0.25, -0.2) is 0 Å². The second-order valence-corrected chi connectivity index (χ2v) is 5.51. The van der Waals surface area contributed by atoms with Crippen LogP contribution in [0.2, 0.25) is 10.0 Å². The van der Waals surface area contributed by atoms with E-state index in [1.807, 2.05) is 30.3 Å². The SMILES string of the molecule is COc1cc(Cl)c(C(Cl)Cc2ccccc2)cc1Cl. The van der Waals surface area contributed by atoms with Gasteiger partial charge in [0, 0.05) is 11.1 Å². The van der Waals surface area contributed by atoms with Crippen molar-refractivity contribution in [2.24, 2.45) is 0 Å². The molecule has 0 aromatic heterocycles. The summed E-state index contributed by atoms with van der Waals surface area (Å²) >= 11 is 18.8. The molecule has 0 saturated heterocycles. The molecular formula is C15H13Cl3O. The fourth-order valence-corrected chi connectivity index (χ4v) is 2.82. The highest BCUT2D eigenvalue weighted by atomic mass is 35.5. The van der Waals surface area contributed by atoms with Gasteiger partial charge in [0.2, 0.25) is 0 Å². The standard InChI is InChI=1S/C15H13Cl3O/c1-19-15-9-13(17)11(8-14(15)18)12(16)7-10-5-3-2-4-6-10/h2-6,8-9,12H,7H2,1H3. The fourth-order valence-electron chi connectivity index (χ4n) is 1.87. The van der Waals surface area contributed by atoms with E-state index in [0.29, 0.717) is 22.2 Å². The Morgan fingerprint density at radius 3 is 2.37 bits per heavy atom. The first-order valence-electron chi connectivity index (χ1n) is 5.82. The molecular weight excluding hydrogens is 303 g/mol. The van der Waals surface area contributed by atoms with Gasteiger partial charge in [-0.1, -0.05) is 53.5 Å². The molecule has 0 spiro atoms. The van der Waals surface area contributed by atoms with Gasteiger partial charge < -0.3 is 4.74 Å². The minimum absolute atomic E-state index is 0.224. The van der Waals surface area contributed by atoms with Gasteiger partial charge in [-0.2, -0.15) is 0 Å². The Kier molecular flexibility index (Phi) is 4.98. The number of hydrogen-bond acceptors (Lipinski definition) is 1. The van der Waals surface area contributed by atoms with E-state index in [2.05, 4.69) is 0 Å². The maximum Gasteiger partial charge on any atom is 0.138 e. The molecule has 1 nitrogen and oxygen atoms in total. The highest BCUT2D eigenvalue weighted by molar-refractivity contribution is 6.35. The van der Waals surface area contributed by atoms with Gasteiger partial charge in [-0.3, -0.25) is 0 Å². The minimum atomic E-state index is -0.224. The number of hydrogen-bond donors (Lipinski definition) is 0. The van der Waals surface area contributed by atoms with Crippen LogP contribution in [0.5, 0.6) is 5.75 Å². The van der Waals surface area contributed by atoms with Crippen LogP contribution < -0.4 is 4.74 Å². The van der Waals surface area contributed by atoms with Crippen molar-refractivity contribution in [1.82, 2.24) is 0 Å². The van der Waals surface area contributed by atoms with Crippen molar-refractivity contribution in [3.8, 4) is 5.75 Å². The quantitative estimate of drug-likeness (QED) is 0.675. The zero-order chi connectivity index (χ0) is 13.8. The van der Waals surface area contributed by atoms with E-state index in [9.17, 15) is 0 Å². The van der Waals surface area contributed by atoms with Gasteiger partial charge in [-0.15, -0.1) is 11.6 Å². The molecule has 1 atom stereocenters. The highest BCUT2D eigenvalue weighted by Crippen LogP contribution is 2.37. The number of ether oxygens (including phenoxy) is 1. The Bertz CT molecular complexity index is 555. The van der Waals surface area contributed by atoms with Gasteiger partial charge >= 0.3 is 0 Å². The topological polar surface area (TPSA) is 9.23 Å². The Morgan fingerprint density at radius 1 is 1.05 bits per heavy atom. The summed E-state index contributed by atoms with van der Waals surface area (Å²) < 4.78 is 5.12. The molecule has 1 unspecified atom stereocenters. The third-order valence-corrected chi connectivity index (χ3v) is 3.88. The summed E-state index contributed by atoms with van der Waals surface area (Å²) in [6.45, 7) is 0. The van der Waals surface area contributed by atoms with Crippen LogP contribution in [0.25, 0.3) is 0 Å². The minimum Gasteiger partial charge on any atom is -0.495 e. The van der Waals surface area contributed by atoms with E-state index in [4.69, 9.17) is 39.5 Å². The van der Waals surface area contributed by atoms with Crippen molar-refractivity contribution < 1.29 is 4.74 Å². The molecule has 2 aromatic carbocycles. The van der Waals surface area contributed by atoms with E-state index in [-0.39, 0.29) is 5.38 Å². The number of alkyl halides is 1.